The van der Waals surface area contributed by atoms with Gasteiger partial charge in [0.05, 0.1) is 17.9 Å². The third-order valence-corrected chi connectivity index (χ3v) is 6.68. The molecule has 4 rings (SSSR count). The second-order valence-corrected chi connectivity index (χ2v) is 8.78. The van der Waals surface area contributed by atoms with Crippen LogP contribution in [0, 0.1) is 6.92 Å². The molecule has 7 nitrogen and oxygen atoms in total. The predicted octanol–water partition coefficient (Wildman–Crippen LogP) is 4.31. The number of halogens is 1. The Kier molecular flexibility index (Phi) is 6.72. The molecule has 1 aliphatic rings. The summed E-state index contributed by atoms with van der Waals surface area (Å²) in [7, 11) is 0. The highest BCUT2D eigenvalue weighted by Gasteiger charge is 2.26. The number of thiazole rings is 1. The molecule has 0 unspecified atom stereocenters. The van der Waals surface area contributed by atoms with Crippen molar-refractivity contribution < 1.29 is 14.3 Å². The van der Waals surface area contributed by atoms with Crippen LogP contribution in [-0.4, -0.2) is 59.5 Å². The first-order valence-corrected chi connectivity index (χ1v) is 11.6. The number of benzene rings is 1. The lowest BCUT2D eigenvalue weighted by atomic mass is 10.2. The van der Waals surface area contributed by atoms with Crippen LogP contribution in [0.1, 0.15) is 32.6 Å². The molecule has 0 saturated carbocycles. The second kappa shape index (κ2) is 9.67. The Morgan fingerprint density at radius 2 is 1.81 bits per heavy atom. The summed E-state index contributed by atoms with van der Waals surface area (Å²) in [5.74, 6) is 0.412. The summed E-state index contributed by atoms with van der Waals surface area (Å²) in [6.07, 6.45) is 1.53. The average molecular weight is 471 g/mol. The number of hydrogen-bond donors (Lipinski definition) is 0. The van der Waals surface area contributed by atoms with Crippen molar-refractivity contribution in [3.8, 4) is 10.6 Å². The van der Waals surface area contributed by atoms with E-state index in [-0.39, 0.29) is 11.9 Å². The molecule has 0 radical (unpaired) electrons. The van der Waals surface area contributed by atoms with E-state index in [0.717, 1.165) is 22.1 Å². The quantitative estimate of drug-likeness (QED) is 0.517. The van der Waals surface area contributed by atoms with E-state index in [1.807, 2.05) is 42.2 Å². The van der Waals surface area contributed by atoms with Crippen molar-refractivity contribution in [1.29, 1.82) is 0 Å². The SMILES string of the molecule is CCOC(=O)c1ccc(N2CCN(C(=O)c3sc(-c4ccc(Cl)cc4)nc3C)CC2)nc1. The first-order valence-electron chi connectivity index (χ1n) is 10.4. The van der Waals surface area contributed by atoms with Gasteiger partial charge < -0.3 is 14.5 Å². The lowest BCUT2D eigenvalue weighted by molar-refractivity contribution is 0.0525. The lowest BCUT2D eigenvalue weighted by Crippen LogP contribution is -2.49. The van der Waals surface area contributed by atoms with Crippen molar-refractivity contribution in [1.82, 2.24) is 14.9 Å². The van der Waals surface area contributed by atoms with Gasteiger partial charge in [0.15, 0.2) is 0 Å². The summed E-state index contributed by atoms with van der Waals surface area (Å²) in [6, 6.07) is 11.0. The molecule has 0 bridgehead atoms. The maximum atomic E-state index is 13.1. The van der Waals surface area contributed by atoms with E-state index in [0.29, 0.717) is 48.2 Å². The van der Waals surface area contributed by atoms with E-state index < -0.39 is 0 Å². The molecule has 9 heteroatoms. The Balaban J connectivity index is 1.39. The zero-order valence-electron chi connectivity index (χ0n) is 17.9. The molecule has 0 spiro atoms. The fourth-order valence-corrected chi connectivity index (χ4v) is 4.67. The zero-order valence-corrected chi connectivity index (χ0v) is 19.4. The van der Waals surface area contributed by atoms with E-state index in [4.69, 9.17) is 16.3 Å². The van der Waals surface area contributed by atoms with Gasteiger partial charge in [-0.05, 0) is 38.1 Å². The molecule has 0 atom stereocenters. The van der Waals surface area contributed by atoms with Gasteiger partial charge in [-0.3, -0.25) is 4.79 Å². The number of carbonyl (C=O) groups is 2. The first-order chi connectivity index (χ1) is 15.5. The number of rotatable bonds is 5. The highest BCUT2D eigenvalue weighted by molar-refractivity contribution is 7.17. The largest absolute Gasteiger partial charge is 0.462 e. The molecule has 32 heavy (non-hydrogen) atoms. The summed E-state index contributed by atoms with van der Waals surface area (Å²) in [5, 5.41) is 1.48. The number of esters is 1. The Morgan fingerprint density at radius 3 is 2.44 bits per heavy atom. The number of aromatic nitrogens is 2. The molecule has 1 amide bonds. The summed E-state index contributed by atoms with van der Waals surface area (Å²) in [6.45, 7) is 6.48. The van der Waals surface area contributed by atoms with Gasteiger partial charge in [-0.2, -0.15) is 0 Å². The van der Waals surface area contributed by atoms with Gasteiger partial charge in [0.25, 0.3) is 5.91 Å². The second-order valence-electron chi connectivity index (χ2n) is 7.35. The van der Waals surface area contributed by atoms with Crippen molar-refractivity contribution in [2.24, 2.45) is 0 Å². The molecule has 1 aliphatic heterocycles. The molecular formula is C23H23ClN4O3S. The van der Waals surface area contributed by atoms with Crippen LogP contribution in [0.3, 0.4) is 0 Å². The molecular weight excluding hydrogens is 448 g/mol. The number of hydrogen-bond acceptors (Lipinski definition) is 7. The van der Waals surface area contributed by atoms with Crippen LogP contribution in [0.25, 0.3) is 10.6 Å². The van der Waals surface area contributed by atoms with Crippen molar-refractivity contribution in [2.75, 3.05) is 37.7 Å². The van der Waals surface area contributed by atoms with Crippen LogP contribution in [-0.2, 0) is 4.74 Å². The van der Waals surface area contributed by atoms with Gasteiger partial charge >= 0.3 is 5.97 Å². The Morgan fingerprint density at radius 1 is 1.09 bits per heavy atom. The number of nitrogens with zero attached hydrogens (tertiary/aromatic N) is 4. The Bertz CT molecular complexity index is 1110. The van der Waals surface area contributed by atoms with Crippen LogP contribution >= 0.6 is 22.9 Å². The number of ether oxygens (including phenoxy) is 1. The van der Waals surface area contributed by atoms with Gasteiger partial charge in [-0.15, -0.1) is 11.3 Å². The zero-order chi connectivity index (χ0) is 22.7. The van der Waals surface area contributed by atoms with Crippen LogP contribution in [0.4, 0.5) is 5.82 Å². The number of anilines is 1. The molecule has 1 saturated heterocycles. The van der Waals surface area contributed by atoms with Gasteiger partial charge in [0.1, 0.15) is 15.7 Å². The third kappa shape index (κ3) is 4.76. The van der Waals surface area contributed by atoms with Crippen LogP contribution in [0.15, 0.2) is 42.6 Å². The highest BCUT2D eigenvalue weighted by Crippen LogP contribution is 2.30. The predicted molar refractivity (Wildman–Crippen MR) is 126 cm³/mol. The Labute approximate surface area is 195 Å². The van der Waals surface area contributed by atoms with E-state index in [1.165, 1.54) is 17.5 Å². The van der Waals surface area contributed by atoms with Crippen molar-refractivity contribution in [3.05, 3.63) is 63.8 Å². The van der Waals surface area contributed by atoms with E-state index in [2.05, 4.69) is 14.9 Å². The van der Waals surface area contributed by atoms with Crippen LogP contribution < -0.4 is 4.90 Å². The lowest BCUT2D eigenvalue weighted by Gasteiger charge is -2.35. The molecule has 1 aromatic carbocycles. The first kappa shape index (κ1) is 22.2. The molecule has 1 fully saturated rings. The summed E-state index contributed by atoms with van der Waals surface area (Å²) < 4.78 is 4.99. The standard InChI is InChI=1S/C23H23ClN4O3S/c1-3-31-23(30)17-6-9-19(25-14-17)27-10-12-28(13-11-27)22(29)20-15(2)26-21(32-20)16-4-7-18(24)8-5-16/h4-9,14H,3,10-13H2,1-2H3. The average Bonchev–Trinajstić information content (AvgIpc) is 3.21. The Hall–Kier alpha value is -2.97. The van der Waals surface area contributed by atoms with Crippen molar-refractivity contribution in [2.45, 2.75) is 13.8 Å². The van der Waals surface area contributed by atoms with Crippen molar-refractivity contribution >= 4 is 40.6 Å². The van der Waals surface area contributed by atoms with Crippen LogP contribution in [0.2, 0.25) is 5.02 Å². The molecule has 0 aliphatic carbocycles. The maximum Gasteiger partial charge on any atom is 0.339 e. The molecule has 2 aromatic heterocycles. The topological polar surface area (TPSA) is 75.6 Å². The van der Waals surface area contributed by atoms with Gasteiger partial charge in [0.2, 0.25) is 0 Å². The smallest absolute Gasteiger partial charge is 0.339 e. The number of amides is 1. The number of pyridine rings is 1. The van der Waals surface area contributed by atoms with Gasteiger partial charge in [-0.1, -0.05) is 23.7 Å². The normalized spacial score (nSPS) is 13.8. The van der Waals surface area contributed by atoms with Crippen LogP contribution in [0.5, 0.6) is 0 Å². The van der Waals surface area contributed by atoms with Gasteiger partial charge in [0, 0.05) is 43.0 Å². The molecule has 166 valence electrons. The van der Waals surface area contributed by atoms with Gasteiger partial charge in [-0.25, -0.2) is 14.8 Å². The minimum atomic E-state index is -0.375. The summed E-state index contributed by atoms with van der Waals surface area (Å²) >= 11 is 7.38. The fraction of sp³-hybridized carbons (Fsp3) is 0.304. The minimum Gasteiger partial charge on any atom is -0.462 e. The summed E-state index contributed by atoms with van der Waals surface area (Å²) in [5.41, 5.74) is 2.12. The minimum absolute atomic E-state index is 0.00508. The molecule has 3 heterocycles. The molecule has 0 N–H and O–H groups in total. The van der Waals surface area contributed by atoms with E-state index in [1.54, 1.807) is 13.0 Å². The number of carbonyl (C=O) groups excluding carboxylic acids is 2. The van der Waals surface area contributed by atoms with Crippen molar-refractivity contribution in [3.63, 3.8) is 0 Å². The number of aryl methyl sites for hydroxylation is 1. The molecule has 3 aromatic rings. The fourth-order valence-electron chi connectivity index (χ4n) is 3.50. The highest BCUT2D eigenvalue weighted by atomic mass is 35.5. The number of piperazine rings is 1. The monoisotopic (exact) mass is 470 g/mol. The van der Waals surface area contributed by atoms with E-state index >= 15 is 0 Å². The summed E-state index contributed by atoms with van der Waals surface area (Å²) in [4.78, 5) is 38.5. The van der Waals surface area contributed by atoms with E-state index in [9.17, 15) is 9.59 Å². The maximum absolute atomic E-state index is 13.1. The third-order valence-electron chi connectivity index (χ3n) is 5.23.